The first-order chi connectivity index (χ1) is 18.1. The molecule has 0 aliphatic carbocycles. The Hall–Kier alpha value is -2.66. The maximum atomic E-state index is 10.2. The second-order valence-electron chi connectivity index (χ2n) is 11.0. The summed E-state index contributed by atoms with van der Waals surface area (Å²) in [5.74, 6) is 0.339. The fourth-order valence-corrected chi connectivity index (χ4v) is 7.35. The van der Waals surface area contributed by atoms with Crippen LogP contribution in [0.5, 0.6) is 5.75 Å². The Bertz CT molecular complexity index is 1360. The molecule has 37 heavy (non-hydrogen) atoms. The van der Waals surface area contributed by atoms with Gasteiger partial charge < -0.3 is 10.0 Å². The molecule has 2 saturated heterocycles. The highest BCUT2D eigenvalue weighted by atomic mass is 32.1. The van der Waals surface area contributed by atoms with Gasteiger partial charge in [-0.05, 0) is 129 Å². The molecule has 192 valence electrons. The molecule has 0 unspecified atom stereocenters. The van der Waals surface area contributed by atoms with Crippen LogP contribution in [-0.2, 0) is 19.4 Å². The quantitative estimate of drug-likeness (QED) is 0.267. The van der Waals surface area contributed by atoms with Crippen LogP contribution in [0.25, 0.3) is 20.5 Å². The summed E-state index contributed by atoms with van der Waals surface area (Å²) in [6, 6.07) is 22.1. The van der Waals surface area contributed by atoms with E-state index in [1.165, 1.54) is 102 Å². The maximum absolute atomic E-state index is 10.2. The zero-order valence-corrected chi connectivity index (χ0v) is 22.8. The van der Waals surface area contributed by atoms with E-state index in [9.17, 15) is 5.11 Å². The molecule has 0 bridgehead atoms. The fourth-order valence-electron chi connectivity index (χ4n) is 6.09. The maximum Gasteiger partial charge on any atom is 0.117 e. The molecule has 0 saturated carbocycles. The number of aryl methyl sites for hydroxylation is 1. The molecule has 4 heteroatoms. The summed E-state index contributed by atoms with van der Waals surface area (Å²) in [6.45, 7) is 9.48. The van der Waals surface area contributed by atoms with Gasteiger partial charge in [0.05, 0.1) is 0 Å². The van der Waals surface area contributed by atoms with Crippen molar-refractivity contribution in [3.8, 4) is 16.2 Å². The van der Waals surface area contributed by atoms with E-state index in [1.54, 1.807) is 11.3 Å². The molecule has 2 fully saturated rings. The van der Waals surface area contributed by atoms with Crippen LogP contribution in [0.4, 0.5) is 0 Å². The van der Waals surface area contributed by atoms with Crippen LogP contribution in [0.3, 0.4) is 0 Å². The van der Waals surface area contributed by atoms with Crippen molar-refractivity contribution in [3.05, 3.63) is 88.5 Å². The zero-order valence-electron chi connectivity index (χ0n) is 22.0. The SMILES string of the molecule is Cc1cc(Cc2c(-c3ccc(CCN4CCCC4)cc3)sc3cc(O)ccc23)ccc1CN1CCCC1. The Morgan fingerprint density at radius 1 is 0.784 bits per heavy atom. The second kappa shape index (κ2) is 11.0. The number of nitrogens with zero attached hydrogens (tertiary/aromatic N) is 2. The van der Waals surface area contributed by atoms with Crippen LogP contribution in [0.15, 0.2) is 60.7 Å². The molecule has 1 aromatic heterocycles. The lowest BCUT2D eigenvalue weighted by atomic mass is 9.96. The van der Waals surface area contributed by atoms with Crippen LogP contribution >= 0.6 is 11.3 Å². The largest absolute Gasteiger partial charge is 0.508 e. The van der Waals surface area contributed by atoms with Gasteiger partial charge in [-0.15, -0.1) is 11.3 Å². The second-order valence-corrected chi connectivity index (χ2v) is 12.1. The highest BCUT2D eigenvalue weighted by molar-refractivity contribution is 7.22. The average molecular weight is 511 g/mol. The number of aromatic hydroxyl groups is 1. The van der Waals surface area contributed by atoms with E-state index in [0.717, 1.165) is 24.1 Å². The molecule has 6 rings (SSSR count). The average Bonchev–Trinajstić information content (AvgIpc) is 3.67. The zero-order chi connectivity index (χ0) is 25.2. The summed E-state index contributed by atoms with van der Waals surface area (Å²) in [4.78, 5) is 6.49. The van der Waals surface area contributed by atoms with Gasteiger partial charge in [0, 0.05) is 22.7 Å². The fraction of sp³-hybridized carbons (Fsp3) is 0.394. The molecule has 3 heterocycles. The van der Waals surface area contributed by atoms with Crippen molar-refractivity contribution in [1.29, 1.82) is 0 Å². The van der Waals surface area contributed by atoms with Crippen molar-refractivity contribution < 1.29 is 5.11 Å². The predicted octanol–water partition coefficient (Wildman–Crippen LogP) is 7.41. The number of thiophene rings is 1. The molecule has 0 amide bonds. The van der Waals surface area contributed by atoms with Crippen molar-refractivity contribution in [3.63, 3.8) is 0 Å². The highest BCUT2D eigenvalue weighted by Crippen LogP contribution is 2.41. The normalized spacial score (nSPS) is 16.8. The summed E-state index contributed by atoms with van der Waals surface area (Å²) in [7, 11) is 0. The molecule has 0 radical (unpaired) electrons. The van der Waals surface area contributed by atoms with Gasteiger partial charge in [0.15, 0.2) is 0 Å². The van der Waals surface area contributed by atoms with E-state index in [0.29, 0.717) is 5.75 Å². The molecule has 0 atom stereocenters. The first kappa shape index (κ1) is 24.7. The van der Waals surface area contributed by atoms with Crippen LogP contribution in [0.2, 0.25) is 0 Å². The van der Waals surface area contributed by atoms with Crippen LogP contribution in [0.1, 0.15) is 53.5 Å². The van der Waals surface area contributed by atoms with Gasteiger partial charge in [0.1, 0.15) is 5.75 Å². The minimum Gasteiger partial charge on any atom is -0.508 e. The van der Waals surface area contributed by atoms with Crippen molar-refractivity contribution >= 4 is 21.4 Å². The third-order valence-electron chi connectivity index (χ3n) is 8.29. The number of likely N-dealkylation sites (tertiary alicyclic amines) is 2. The first-order valence-corrected chi connectivity index (χ1v) is 14.8. The van der Waals surface area contributed by atoms with E-state index in [2.05, 4.69) is 65.3 Å². The van der Waals surface area contributed by atoms with Crippen LogP contribution in [-0.4, -0.2) is 47.6 Å². The monoisotopic (exact) mass is 510 g/mol. The number of hydrogen-bond donors (Lipinski definition) is 1. The molecule has 2 aliphatic heterocycles. The van der Waals surface area contributed by atoms with Gasteiger partial charge in [-0.25, -0.2) is 0 Å². The van der Waals surface area contributed by atoms with E-state index >= 15 is 0 Å². The molecule has 1 N–H and O–H groups in total. The van der Waals surface area contributed by atoms with Gasteiger partial charge >= 0.3 is 0 Å². The summed E-state index contributed by atoms with van der Waals surface area (Å²) in [5.41, 5.74) is 8.28. The number of hydrogen-bond acceptors (Lipinski definition) is 4. The van der Waals surface area contributed by atoms with Gasteiger partial charge in [-0.1, -0.05) is 42.5 Å². The van der Waals surface area contributed by atoms with Crippen molar-refractivity contribution in [2.45, 2.75) is 52.0 Å². The van der Waals surface area contributed by atoms with Crippen LogP contribution in [0, 0.1) is 6.92 Å². The summed E-state index contributed by atoms with van der Waals surface area (Å²) in [5, 5.41) is 11.4. The van der Waals surface area contributed by atoms with Crippen LogP contribution < -0.4 is 0 Å². The molecular weight excluding hydrogens is 472 g/mol. The standard InChI is InChI=1S/C33H38N2OS/c1-24-20-26(8-11-28(24)23-35-17-4-5-18-35)21-31-30-13-12-29(36)22-32(30)37-33(31)27-9-6-25(7-10-27)14-19-34-15-2-3-16-34/h6-13,20,22,36H,2-5,14-19,21,23H2,1H3. The molecule has 4 aromatic rings. The minimum absolute atomic E-state index is 0.339. The number of phenolic OH excluding ortho intramolecular Hbond substituents is 1. The third-order valence-corrected chi connectivity index (χ3v) is 9.53. The van der Waals surface area contributed by atoms with E-state index < -0.39 is 0 Å². The Labute approximate surface area is 225 Å². The lowest BCUT2D eigenvalue weighted by Crippen LogP contribution is -2.21. The Kier molecular flexibility index (Phi) is 7.32. The first-order valence-electron chi connectivity index (χ1n) is 14.0. The number of fused-ring (bicyclic) bond motifs is 1. The number of phenols is 1. The van der Waals surface area contributed by atoms with E-state index in [4.69, 9.17) is 0 Å². The third kappa shape index (κ3) is 5.62. The molecule has 3 aromatic carbocycles. The van der Waals surface area contributed by atoms with Crippen molar-refractivity contribution in [1.82, 2.24) is 9.80 Å². The molecular formula is C33H38N2OS. The number of rotatable bonds is 8. The Morgan fingerprint density at radius 3 is 2.22 bits per heavy atom. The Balaban J connectivity index is 1.26. The Morgan fingerprint density at radius 2 is 1.49 bits per heavy atom. The smallest absolute Gasteiger partial charge is 0.117 e. The van der Waals surface area contributed by atoms with Crippen molar-refractivity contribution in [2.24, 2.45) is 0 Å². The summed E-state index contributed by atoms with van der Waals surface area (Å²) in [6.07, 6.45) is 7.40. The number of benzene rings is 3. The van der Waals surface area contributed by atoms with Gasteiger partial charge in [0.25, 0.3) is 0 Å². The van der Waals surface area contributed by atoms with Crippen molar-refractivity contribution in [2.75, 3.05) is 32.7 Å². The van der Waals surface area contributed by atoms with Gasteiger partial charge in [-0.2, -0.15) is 0 Å². The highest BCUT2D eigenvalue weighted by Gasteiger charge is 2.17. The van der Waals surface area contributed by atoms with Gasteiger partial charge in [-0.3, -0.25) is 4.90 Å². The minimum atomic E-state index is 0.339. The van der Waals surface area contributed by atoms with Gasteiger partial charge in [0.2, 0.25) is 0 Å². The van der Waals surface area contributed by atoms with E-state index in [-0.39, 0.29) is 0 Å². The molecule has 3 nitrogen and oxygen atoms in total. The topological polar surface area (TPSA) is 26.7 Å². The molecule has 2 aliphatic rings. The predicted molar refractivity (Wildman–Crippen MR) is 157 cm³/mol. The molecule has 0 spiro atoms. The summed E-state index contributed by atoms with van der Waals surface area (Å²) < 4.78 is 1.16. The lowest BCUT2D eigenvalue weighted by Gasteiger charge is -2.17. The van der Waals surface area contributed by atoms with E-state index in [1.807, 2.05) is 12.1 Å². The lowest BCUT2D eigenvalue weighted by molar-refractivity contribution is 0.330. The summed E-state index contributed by atoms with van der Waals surface area (Å²) >= 11 is 1.80.